The van der Waals surface area contributed by atoms with Crippen LogP contribution in [0.25, 0.3) is 0 Å². The van der Waals surface area contributed by atoms with Crippen LogP contribution in [0.4, 0.5) is 4.39 Å². The number of hydrogen-bond donors (Lipinski definition) is 2. The number of halogens is 1. The van der Waals surface area contributed by atoms with Gasteiger partial charge in [0.1, 0.15) is 5.82 Å². The van der Waals surface area contributed by atoms with E-state index in [4.69, 9.17) is 0 Å². The zero-order valence-electron chi connectivity index (χ0n) is 16.3. The number of carboxylic acids is 1. The van der Waals surface area contributed by atoms with Crippen LogP contribution in [-0.4, -0.2) is 33.7 Å². The van der Waals surface area contributed by atoms with Crippen molar-refractivity contribution in [3.63, 3.8) is 0 Å². The van der Waals surface area contributed by atoms with Crippen LogP contribution in [0.3, 0.4) is 0 Å². The highest BCUT2D eigenvalue weighted by Crippen LogP contribution is 2.24. The second kappa shape index (κ2) is 10.5. The Bertz CT molecular complexity index is 774. The first-order chi connectivity index (χ1) is 13.0. The van der Waals surface area contributed by atoms with Gasteiger partial charge in [-0.05, 0) is 62.4 Å². The van der Waals surface area contributed by atoms with Crippen molar-refractivity contribution in [2.45, 2.75) is 46.7 Å². The molecule has 2 N–H and O–H groups in total. The van der Waals surface area contributed by atoms with Gasteiger partial charge in [-0.3, -0.25) is 0 Å². The number of aromatic carboxylic acids is 1. The fourth-order valence-electron chi connectivity index (χ4n) is 3.26. The highest BCUT2D eigenvalue weighted by Gasteiger charge is 2.22. The topological polar surface area (TPSA) is 54.3 Å². The maximum absolute atomic E-state index is 13.5. The van der Waals surface area contributed by atoms with Crippen LogP contribution in [-0.2, 0) is 13.1 Å². The van der Waals surface area contributed by atoms with Crippen molar-refractivity contribution in [3.8, 4) is 0 Å². The van der Waals surface area contributed by atoms with Gasteiger partial charge in [0.05, 0.1) is 5.56 Å². The van der Waals surface area contributed by atoms with Crippen molar-refractivity contribution in [2.24, 2.45) is 0 Å². The Morgan fingerprint density at radius 3 is 2.70 bits per heavy atom. The van der Waals surface area contributed by atoms with E-state index in [2.05, 4.69) is 12.2 Å². The Morgan fingerprint density at radius 2 is 2.04 bits per heavy atom. The van der Waals surface area contributed by atoms with E-state index in [-0.39, 0.29) is 5.82 Å². The molecular weight excluding hydrogens is 363 g/mol. The number of nitrogens with zero attached hydrogens (tertiary/aromatic N) is 1. The molecule has 1 aromatic heterocycles. The monoisotopic (exact) mass is 392 g/mol. The van der Waals surface area contributed by atoms with E-state index in [9.17, 15) is 14.3 Å². The van der Waals surface area contributed by atoms with Crippen molar-refractivity contribution < 1.29 is 14.3 Å². The quantitative estimate of drug-likeness (QED) is 0.548. The van der Waals surface area contributed by atoms with Gasteiger partial charge in [-0.25, -0.2) is 9.18 Å². The molecule has 2 rings (SSSR count). The van der Waals surface area contributed by atoms with Gasteiger partial charge < -0.3 is 15.0 Å². The van der Waals surface area contributed by atoms with Crippen molar-refractivity contribution in [1.29, 1.82) is 0 Å². The number of carbonyl (C=O) groups is 1. The fraction of sp³-hybridized carbons (Fsp3) is 0.476. The molecule has 0 aliphatic carbocycles. The number of rotatable bonds is 11. The maximum atomic E-state index is 13.5. The number of nitrogens with one attached hydrogen (secondary N) is 1. The van der Waals surface area contributed by atoms with Gasteiger partial charge in [-0.15, -0.1) is 0 Å². The molecule has 0 radical (unpaired) electrons. The van der Waals surface area contributed by atoms with Gasteiger partial charge in [0.15, 0.2) is 0 Å². The number of benzene rings is 1. The molecular formula is C21H29FN2O2S. The van der Waals surface area contributed by atoms with Crippen LogP contribution in [0.15, 0.2) is 24.3 Å². The first-order valence-electron chi connectivity index (χ1n) is 9.40. The molecule has 0 bridgehead atoms. The maximum Gasteiger partial charge on any atom is 0.337 e. The zero-order valence-corrected chi connectivity index (χ0v) is 17.2. The Kier molecular flexibility index (Phi) is 8.38. The number of thioether (sulfide) groups is 1. The summed E-state index contributed by atoms with van der Waals surface area (Å²) >= 11 is 1.95. The van der Waals surface area contributed by atoms with Crippen molar-refractivity contribution in [3.05, 3.63) is 58.2 Å². The molecule has 0 fully saturated rings. The van der Waals surface area contributed by atoms with E-state index in [0.717, 1.165) is 35.5 Å². The molecule has 0 amide bonds. The molecule has 0 saturated carbocycles. The van der Waals surface area contributed by atoms with E-state index in [0.29, 0.717) is 24.3 Å². The average Bonchev–Trinajstić information content (AvgIpc) is 2.85. The fourth-order valence-corrected chi connectivity index (χ4v) is 4.10. The number of carboxylic acid groups (broad SMARTS) is 1. The normalized spacial score (nSPS) is 11.1. The lowest BCUT2D eigenvalue weighted by Crippen LogP contribution is -2.17. The second-order valence-corrected chi connectivity index (χ2v) is 7.91. The second-order valence-electron chi connectivity index (χ2n) is 6.69. The van der Waals surface area contributed by atoms with Crippen molar-refractivity contribution in [2.75, 3.05) is 18.1 Å². The molecule has 1 aromatic carbocycles. The highest BCUT2D eigenvalue weighted by atomic mass is 32.2. The third-order valence-electron chi connectivity index (χ3n) is 4.65. The Hall–Kier alpha value is -1.79. The minimum Gasteiger partial charge on any atom is -0.478 e. The van der Waals surface area contributed by atoms with E-state index >= 15 is 0 Å². The summed E-state index contributed by atoms with van der Waals surface area (Å²) in [5.41, 5.74) is 3.62. The third-order valence-corrected chi connectivity index (χ3v) is 5.92. The van der Waals surface area contributed by atoms with Gasteiger partial charge in [0, 0.05) is 30.0 Å². The smallest absolute Gasteiger partial charge is 0.337 e. The summed E-state index contributed by atoms with van der Waals surface area (Å²) in [5, 5.41) is 13.1. The summed E-state index contributed by atoms with van der Waals surface area (Å²) in [5.74, 6) is 1.11. The first-order valence-corrected chi connectivity index (χ1v) is 10.6. The van der Waals surface area contributed by atoms with Gasteiger partial charge in [0.25, 0.3) is 0 Å². The summed E-state index contributed by atoms with van der Waals surface area (Å²) in [6.45, 7) is 7.79. The van der Waals surface area contributed by atoms with Crippen molar-refractivity contribution >= 4 is 17.7 Å². The third kappa shape index (κ3) is 5.84. The minimum absolute atomic E-state index is 0.281. The minimum atomic E-state index is -0.913. The standard InChI is InChI=1S/C21H29FN2O2S/c1-4-10-27-11-6-9-23-13-19-15(2)24(16(3)20(19)21(25)26)14-17-7-5-8-18(22)12-17/h5,7-8,12,23H,4,6,9-11,13-14H2,1-3H3,(H,25,26). The molecule has 27 heavy (non-hydrogen) atoms. The van der Waals surface area contributed by atoms with E-state index in [1.165, 1.54) is 24.3 Å². The molecule has 6 heteroatoms. The van der Waals surface area contributed by atoms with Gasteiger partial charge in [-0.2, -0.15) is 11.8 Å². The SMILES string of the molecule is CCCSCCCNCc1c(C(=O)O)c(C)n(Cc2cccc(F)c2)c1C. The first kappa shape index (κ1) is 21.5. The number of hydrogen-bond acceptors (Lipinski definition) is 3. The predicted octanol–water partition coefficient (Wildman–Crippen LogP) is 4.61. The molecule has 0 spiro atoms. The summed E-state index contributed by atoms with van der Waals surface area (Å²) < 4.78 is 15.4. The molecule has 148 valence electrons. The Balaban J connectivity index is 2.11. The van der Waals surface area contributed by atoms with Crippen molar-refractivity contribution in [1.82, 2.24) is 9.88 Å². The van der Waals surface area contributed by atoms with E-state index < -0.39 is 5.97 Å². The zero-order chi connectivity index (χ0) is 19.8. The highest BCUT2D eigenvalue weighted by molar-refractivity contribution is 7.99. The van der Waals surface area contributed by atoms with Crippen LogP contribution in [0.1, 0.15) is 52.6 Å². The van der Waals surface area contributed by atoms with Gasteiger partial charge in [-0.1, -0.05) is 19.1 Å². The van der Waals surface area contributed by atoms with Gasteiger partial charge in [0.2, 0.25) is 0 Å². The molecule has 0 aliphatic rings. The summed E-state index contributed by atoms with van der Waals surface area (Å²) in [6.07, 6.45) is 2.26. The average molecular weight is 393 g/mol. The summed E-state index contributed by atoms with van der Waals surface area (Å²) in [6, 6.07) is 6.44. The Labute approximate surface area is 165 Å². The van der Waals surface area contributed by atoms with E-state index in [1.54, 1.807) is 6.07 Å². The molecule has 0 aliphatic heterocycles. The largest absolute Gasteiger partial charge is 0.478 e. The molecule has 4 nitrogen and oxygen atoms in total. The molecule has 0 atom stereocenters. The lowest BCUT2D eigenvalue weighted by atomic mass is 10.1. The lowest BCUT2D eigenvalue weighted by molar-refractivity contribution is 0.0694. The Morgan fingerprint density at radius 1 is 1.26 bits per heavy atom. The number of aromatic nitrogens is 1. The predicted molar refractivity (Wildman–Crippen MR) is 110 cm³/mol. The molecule has 1 heterocycles. The molecule has 0 saturated heterocycles. The summed E-state index contributed by atoms with van der Waals surface area (Å²) in [7, 11) is 0. The van der Waals surface area contributed by atoms with Gasteiger partial charge >= 0.3 is 5.97 Å². The van der Waals surface area contributed by atoms with Crippen LogP contribution < -0.4 is 5.32 Å². The molecule has 2 aromatic rings. The van der Waals surface area contributed by atoms with Crippen LogP contribution in [0.2, 0.25) is 0 Å². The van der Waals surface area contributed by atoms with Crippen LogP contribution in [0.5, 0.6) is 0 Å². The van der Waals surface area contributed by atoms with Crippen LogP contribution in [0, 0.1) is 19.7 Å². The summed E-state index contributed by atoms with van der Waals surface area (Å²) in [4.78, 5) is 11.8. The van der Waals surface area contributed by atoms with Crippen LogP contribution >= 0.6 is 11.8 Å². The van der Waals surface area contributed by atoms with E-state index in [1.807, 2.05) is 36.2 Å². The lowest BCUT2D eigenvalue weighted by Gasteiger charge is -2.10. The molecule has 0 unspecified atom stereocenters.